The van der Waals surface area contributed by atoms with Gasteiger partial charge in [0.05, 0.1) is 11.1 Å². The molecule has 62 heavy (non-hydrogen) atoms. The molecule has 10 unspecified atom stereocenters. The van der Waals surface area contributed by atoms with Gasteiger partial charge in [0, 0.05) is 34.9 Å². The molecular weight excluding hydrogens is 751 g/mol. The number of rotatable bonds is 4. The summed E-state index contributed by atoms with van der Waals surface area (Å²) in [5.74, 6) is 5.46. The zero-order chi connectivity index (χ0) is 41.7. The highest BCUT2D eigenvalue weighted by Crippen LogP contribution is 2.86. The van der Waals surface area contributed by atoms with Crippen molar-refractivity contribution in [3.05, 3.63) is 108 Å². The summed E-state index contributed by atoms with van der Waals surface area (Å²) in [7, 11) is 0. The minimum absolute atomic E-state index is 0.00709. The van der Waals surface area contributed by atoms with Crippen LogP contribution in [0.3, 0.4) is 0 Å². The Labute approximate surface area is 369 Å². The Bertz CT molecular complexity index is 2650. The molecule has 3 nitrogen and oxygen atoms in total. The largest absolute Gasteiger partial charge is 0.508 e. The van der Waals surface area contributed by atoms with Gasteiger partial charge in [-0.05, 0) is 183 Å². The summed E-state index contributed by atoms with van der Waals surface area (Å²) in [6.07, 6.45) is 13.7. The Morgan fingerprint density at radius 3 is 1.29 bits per heavy atom. The summed E-state index contributed by atoms with van der Waals surface area (Å²) in [6.45, 7) is 14.5. The quantitative estimate of drug-likeness (QED) is 0.183. The second-order valence-electron chi connectivity index (χ2n) is 25.0. The monoisotopic (exact) mass is 812 g/mol. The van der Waals surface area contributed by atoms with Crippen LogP contribution in [0.4, 0.5) is 22.7 Å². The fourth-order valence-electron chi connectivity index (χ4n) is 18.8. The van der Waals surface area contributed by atoms with Gasteiger partial charge in [-0.1, -0.05) is 114 Å². The number of aromatic hydroxyl groups is 1. The summed E-state index contributed by atoms with van der Waals surface area (Å²) in [4.78, 5) is 5.98. The molecule has 8 fully saturated rings. The second-order valence-corrected chi connectivity index (χ2v) is 25.0. The summed E-state index contributed by atoms with van der Waals surface area (Å²) in [5.41, 5.74) is 19.1. The second kappa shape index (κ2) is 10.9. The number of fused-ring (bicyclic) bond motifs is 6. The molecule has 312 valence electrons. The summed E-state index contributed by atoms with van der Waals surface area (Å²) in [6, 6.07) is 38.0. The molecule has 8 aliphatic carbocycles. The Hall–Kier alpha value is -4.44. The van der Waals surface area contributed by atoms with Crippen LogP contribution in [0.2, 0.25) is 0 Å². The van der Waals surface area contributed by atoms with E-state index in [1.165, 1.54) is 137 Å². The highest BCUT2D eigenvalue weighted by molar-refractivity contribution is 7.01. The van der Waals surface area contributed by atoms with Crippen molar-refractivity contribution in [3.63, 3.8) is 0 Å². The van der Waals surface area contributed by atoms with E-state index < -0.39 is 0 Å². The maximum atomic E-state index is 12.5. The molecular formula is C58H61BN2O. The lowest BCUT2D eigenvalue weighted by Crippen LogP contribution is -2.80. The summed E-state index contributed by atoms with van der Waals surface area (Å²) < 4.78 is 0. The average molecular weight is 813 g/mol. The van der Waals surface area contributed by atoms with Crippen molar-refractivity contribution in [2.75, 3.05) is 9.80 Å². The van der Waals surface area contributed by atoms with Crippen LogP contribution in [0.25, 0.3) is 22.3 Å². The molecule has 2 heterocycles. The number of nitrogens with zero attached hydrogens (tertiary/aromatic N) is 2. The number of hydrogen-bond donors (Lipinski definition) is 1. The van der Waals surface area contributed by atoms with Gasteiger partial charge in [0.15, 0.2) is 0 Å². The lowest BCUT2D eigenvalue weighted by atomic mass is 9.29. The van der Waals surface area contributed by atoms with Crippen LogP contribution >= 0.6 is 0 Å². The number of phenolic OH excluding ortho intramolecular Hbond substituents is 1. The first-order valence-corrected chi connectivity index (χ1v) is 24.7. The third-order valence-electron chi connectivity index (χ3n) is 20.7. The molecule has 0 radical (unpaired) electrons. The zero-order valence-electron chi connectivity index (χ0n) is 37.7. The van der Waals surface area contributed by atoms with Crippen LogP contribution < -0.4 is 26.2 Å². The Morgan fingerprint density at radius 2 is 0.903 bits per heavy atom. The molecule has 0 saturated heterocycles. The molecule has 2 spiro atoms. The van der Waals surface area contributed by atoms with Crippen molar-refractivity contribution in [1.82, 2.24) is 0 Å². The first-order chi connectivity index (χ1) is 29.8. The Kier molecular flexibility index (Phi) is 6.32. The predicted octanol–water partition coefficient (Wildman–Crippen LogP) is 11.9. The van der Waals surface area contributed by atoms with Gasteiger partial charge in [-0.15, -0.1) is 0 Å². The van der Waals surface area contributed by atoms with Crippen molar-refractivity contribution in [1.29, 1.82) is 0 Å². The predicted molar refractivity (Wildman–Crippen MR) is 256 cm³/mol. The summed E-state index contributed by atoms with van der Waals surface area (Å²) in [5, 5.41) is 12.5. The van der Waals surface area contributed by atoms with E-state index in [1.807, 2.05) is 0 Å². The standard InChI is InChI=1S/C58H61BN2O/c1-53(2,3)37-21-44(35-13-9-7-10-14-35)50-46(23-37)60(55-27-33-17-39-19-41(31-55)57(39,55)29-33)48-25-43(62)26-49-52(48)59(50)51-45(36-15-11-8-12-16-36)22-38(54(4,5)6)24-47(51)61(49)56-28-34-18-40-20-42(32-56)58(40,56)30-34/h7-16,21-26,33-34,39-42,62H,17-20,27-32H2,1-6H3. The van der Waals surface area contributed by atoms with Crippen LogP contribution in [0.15, 0.2) is 97.1 Å². The highest BCUT2D eigenvalue weighted by atomic mass is 16.3. The van der Waals surface area contributed by atoms with E-state index in [4.69, 9.17) is 0 Å². The molecule has 2 aliphatic heterocycles. The van der Waals surface area contributed by atoms with E-state index in [9.17, 15) is 5.11 Å². The number of phenols is 1. The van der Waals surface area contributed by atoms with E-state index in [0.29, 0.717) is 16.6 Å². The zero-order valence-corrected chi connectivity index (χ0v) is 37.7. The number of hydrogen-bond acceptors (Lipinski definition) is 3. The van der Waals surface area contributed by atoms with Crippen LogP contribution in [0.5, 0.6) is 5.75 Å². The van der Waals surface area contributed by atoms with Gasteiger partial charge in [-0.3, -0.25) is 0 Å². The van der Waals surface area contributed by atoms with Crippen LogP contribution in [-0.2, 0) is 10.8 Å². The van der Waals surface area contributed by atoms with Crippen molar-refractivity contribution in [3.8, 4) is 28.0 Å². The smallest absolute Gasteiger partial charge is 0.253 e. The molecule has 15 rings (SSSR count). The molecule has 0 aromatic heterocycles. The summed E-state index contributed by atoms with van der Waals surface area (Å²) >= 11 is 0. The van der Waals surface area contributed by atoms with Gasteiger partial charge >= 0.3 is 0 Å². The van der Waals surface area contributed by atoms with Crippen molar-refractivity contribution in [2.24, 2.45) is 46.3 Å². The Morgan fingerprint density at radius 1 is 0.484 bits per heavy atom. The fourth-order valence-corrected chi connectivity index (χ4v) is 18.8. The molecule has 5 aromatic carbocycles. The van der Waals surface area contributed by atoms with E-state index in [1.54, 1.807) is 0 Å². The van der Waals surface area contributed by atoms with Gasteiger partial charge in [0.1, 0.15) is 5.75 Å². The van der Waals surface area contributed by atoms with Gasteiger partial charge in [0.25, 0.3) is 6.71 Å². The van der Waals surface area contributed by atoms with Crippen LogP contribution in [0, 0.1) is 46.3 Å². The molecule has 0 amide bonds. The van der Waals surface area contributed by atoms with Crippen molar-refractivity contribution >= 4 is 45.9 Å². The maximum absolute atomic E-state index is 12.5. The molecule has 10 atom stereocenters. The van der Waals surface area contributed by atoms with E-state index in [-0.39, 0.29) is 28.6 Å². The van der Waals surface area contributed by atoms with Gasteiger partial charge < -0.3 is 14.9 Å². The highest BCUT2D eigenvalue weighted by Gasteiger charge is 2.84. The topological polar surface area (TPSA) is 26.7 Å². The first kappa shape index (κ1) is 36.0. The van der Waals surface area contributed by atoms with E-state index >= 15 is 0 Å². The number of benzene rings is 5. The van der Waals surface area contributed by atoms with Crippen molar-refractivity contribution in [2.45, 2.75) is 128 Å². The lowest BCUT2D eigenvalue weighted by molar-refractivity contribution is -0.190. The maximum Gasteiger partial charge on any atom is 0.253 e. The fraction of sp³-hybridized carbons (Fsp3) is 0.483. The van der Waals surface area contributed by atoms with E-state index in [2.05, 4.69) is 148 Å². The lowest BCUT2D eigenvalue weighted by Gasteiger charge is -2.77. The Balaban J connectivity index is 1.11. The number of anilines is 4. The molecule has 4 heteroatoms. The first-order valence-electron chi connectivity index (χ1n) is 24.7. The van der Waals surface area contributed by atoms with Gasteiger partial charge in [-0.25, -0.2) is 0 Å². The molecule has 5 aromatic rings. The third-order valence-corrected chi connectivity index (χ3v) is 20.7. The molecule has 4 bridgehead atoms. The van der Waals surface area contributed by atoms with Gasteiger partial charge in [0.2, 0.25) is 0 Å². The van der Waals surface area contributed by atoms with E-state index in [0.717, 1.165) is 35.5 Å². The molecule has 10 aliphatic rings. The molecule has 8 saturated carbocycles. The minimum atomic E-state index is -0.0430. The minimum Gasteiger partial charge on any atom is -0.508 e. The third kappa shape index (κ3) is 3.84. The van der Waals surface area contributed by atoms with Crippen LogP contribution in [0.1, 0.15) is 117 Å². The molecule has 1 N–H and O–H groups in total. The van der Waals surface area contributed by atoms with Crippen LogP contribution in [-0.4, -0.2) is 22.9 Å². The normalized spacial score (nSPS) is 36.5. The van der Waals surface area contributed by atoms with Gasteiger partial charge in [-0.2, -0.15) is 0 Å². The SMILES string of the molecule is CC(C)(C)c1cc(-c2ccccc2)c2c(c1)N(C13CC4CC5CC(C1)C53C4)c1cc(O)cc3c1B2c1c(-c2ccccc2)cc(C(C)(C)C)cc1N3C12CC3CC4CC(C1)C42C3. The average Bonchev–Trinajstić information content (AvgIpc) is 3.94. The van der Waals surface area contributed by atoms with Crippen molar-refractivity contribution < 1.29 is 5.11 Å².